The molecule has 0 saturated carbocycles. The minimum absolute atomic E-state index is 0.226. The molecule has 22 heavy (non-hydrogen) atoms. The molecule has 1 N–H and O–H groups in total. The Bertz CT molecular complexity index is 559. The summed E-state index contributed by atoms with van der Waals surface area (Å²) in [6.07, 6.45) is 3.01. The fourth-order valence-corrected chi connectivity index (χ4v) is 2.95. The number of hydrogen-bond donors (Lipinski definition) is 1. The van der Waals surface area contributed by atoms with Crippen LogP contribution in [0.25, 0.3) is 0 Å². The lowest BCUT2D eigenvalue weighted by Gasteiger charge is -2.26. The van der Waals surface area contributed by atoms with E-state index in [9.17, 15) is 13.2 Å². The zero-order valence-electron chi connectivity index (χ0n) is 13.4. The number of benzene rings is 1. The summed E-state index contributed by atoms with van der Waals surface area (Å²) in [6.45, 7) is 2.43. The van der Waals surface area contributed by atoms with Crippen molar-refractivity contribution in [3.8, 4) is 0 Å². The Morgan fingerprint density at radius 3 is 2.32 bits per heavy atom. The highest BCUT2D eigenvalue weighted by Gasteiger charge is 2.26. The van der Waals surface area contributed by atoms with E-state index in [-0.39, 0.29) is 12.5 Å². The molecule has 1 amide bonds. The molecular formula is C15H25N3O3S. The van der Waals surface area contributed by atoms with Crippen molar-refractivity contribution in [3.05, 3.63) is 30.3 Å². The van der Waals surface area contributed by atoms with Gasteiger partial charge in [-0.3, -0.25) is 4.79 Å². The third kappa shape index (κ3) is 5.31. The Hall–Kier alpha value is -1.60. The summed E-state index contributed by atoms with van der Waals surface area (Å²) >= 11 is 0. The van der Waals surface area contributed by atoms with E-state index in [0.717, 1.165) is 27.9 Å². The third-order valence-electron chi connectivity index (χ3n) is 3.17. The van der Waals surface area contributed by atoms with Crippen LogP contribution in [0.1, 0.15) is 26.2 Å². The van der Waals surface area contributed by atoms with Crippen molar-refractivity contribution in [2.24, 2.45) is 0 Å². The van der Waals surface area contributed by atoms with Crippen LogP contribution in [0.15, 0.2) is 30.3 Å². The van der Waals surface area contributed by atoms with Crippen LogP contribution in [-0.2, 0) is 15.0 Å². The van der Waals surface area contributed by atoms with Crippen LogP contribution in [0.5, 0.6) is 0 Å². The molecule has 0 bridgehead atoms. The van der Waals surface area contributed by atoms with Gasteiger partial charge in [0.25, 0.3) is 0 Å². The Morgan fingerprint density at radius 1 is 1.14 bits per heavy atom. The fourth-order valence-electron chi connectivity index (χ4n) is 1.89. The van der Waals surface area contributed by atoms with Crippen molar-refractivity contribution in [2.45, 2.75) is 26.2 Å². The van der Waals surface area contributed by atoms with Gasteiger partial charge in [-0.15, -0.1) is 0 Å². The second-order valence-electron chi connectivity index (χ2n) is 5.19. The molecule has 0 aliphatic heterocycles. The van der Waals surface area contributed by atoms with Gasteiger partial charge in [-0.1, -0.05) is 38.0 Å². The molecule has 1 aromatic carbocycles. The molecule has 7 heteroatoms. The van der Waals surface area contributed by atoms with Crippen LogP contribution < -0.4 is 9.62 Å². The second-order valence-corrected chi connectivity index (χ2v) is 7.26. The Labute approximate surface area is 133 Å². The maximum absolute atomic E-state index is 12.4. The van der Waals surface area contributed by atoms with Gasteiger partial charge in [0.1, 0.15) is 6.54 Å². The minimum atomic E-state index is -3.72. The summed E-state index contributed by atoms with van der Waals surface area (Å²) in [6, 6.07) is 8.63. The number of para-hydroxylation sites is 1. The number of anilines is 1. The number of hydrogen-bond acceptors (Lipinski definition) is 3. The van der Waals surface area contributed by atoms with Gasteiger partial charge in [-0.2, -0.15) is 12.7 Å². The maximum atomic E-state index is 12.4. The molecule has 1 aromatic rings. The van der Waals surface area contributed by atoms with Crippen molar-refractivity contribution < 1.29 is 13.2 Å². The molecular weight excluding hydrogens is 302 g/mol. The van der Waals surface area contributed by atoms with Gasteiger partial charge in [-0.05, 0) is 18.6 Å². The highest BCUT2D eigenvalue weighted by Crippen LogP contribution is 2.18. The van der Waals surface area contributed by atoms with Gasteiger partial charge >= 0.3 is 10.2 Å². The summed E-state index contributed by atoms with van der Waals surface area (Å²) < 4.78 is 27.0. The van der Waals surface area contributed by atoms with E-state index in [1.807, 2.05) is 0 Å². The lowest BCUT2D eigenvalue weighted by molar-refractivity contribution is -0.119. The van der Waals surface area contributed by atoms with Gasteiger partial charge in [0.05, 0.1) is 5.69 Å². The van der Waals surface area contributed by atoms with Crippen molar-refractivity contribution >= 4 is 21.8 Å². The third-order valence-corrected chi connectivity index (χ3v) is 4.99. The molecule has 0 aromatic heterocycles. The quantitative estimate of drug-likeness (QED) is 0.701. The average molecular weight is 327 g/mol. The lowest BCUT2D eigenvalue weighted by Crippen LogP contribution is -2.45. The highest BCUT2D eigenvalue weighted by atomic mass is 32.2. The zero-order chi connectivity index (χ0) is 16.6. The first-order chi connectivity index (χ1) is 10.4. The highest BCUT2D eigenvalue weighted by molar-refractivity contribution is 7.90. The molecule has 124 valence electrons. The van der Waals surface area contributed by atoms with Crippen molar-refractivity contribution in [1.29, 1.82) is 0 Å². The van der Waals surface area contributed by atoms with E-state index >= 15 is 0 Å². The number of rotatable bonds is 9. The van der Waals surface area contributed by atoms with E-state index in [4.69, 9.17) is 0 Å². The van der Waals surface area contributed by atoms with Crippen LogP contribution >= 0.6 is 0 Å². The van der Waals surface area contributed by atoms with Crippen molar-refractivity contribution in [1.82, 2.24) is 9.62 Å². The van der Waals surface area contributed by atoms with E-state index in [0.29, 0.717) is 12.2 Å². The molecule has 0 saturated heterocycles. The number of carbonyl (C=O) groups excluding carboxylic acids is 1. The largest absolute Gasteiger partial charge is 0.355 e. The molecule has 0 atom stereocenters. The number of nitrogens with zero attached hydrogens (tertiary/aromatic N) is 2. The van der Waals surface area contributed by atoms with Gasteiger partial charge in [0.2, 0.25) is 5.91 Å². The minimum Gasteiger partial charge on any atom is -0.355 e. The van der Waals surface area contributed by atoms with E-state index in [2.05, 4.69) is 12.2 Å². The van der Waals surface area contributed by atoms with Gasteiger partial charge in [0.15, 0.2) is 0 Å². The number of amides is 1. The van der Waals surface area contributed by atoms with Crippen LogP contribution in [-0.4, -0.2) is 45.8 Å². The van der Waals surface area contributed by atoms with Gasteiger partial charge in [-0.25, -0.2) is 4.31 Å². The van der Waals surface area contributed by atoms with E-state index in [1.165, 1.54) is 14.1 Å². The van der Waals surface area contributed by atoms with Gasteiger partial charge < -0.3 is 5.32 Å². The first kappa shape index (κ1) is 18.4. The zero-order valence-corrected chi connectivity index (χ0v) is 14.3. The lowest BCUT2D eigenvalue weighted by atomic mass is 10.2. The molecule has 1 rings (SSSR count). The monoisotopic (exact) mass is 327 g/mol. The average Bonchev–Trinajstić information content (AvgIpc) is 2.49. The second kappa shape index (κ2) is 8.75. The van der Waals surface area contributed by atoms with Crippen LogP contribution in [0.4, 0.5) is 5.69 Å². The predicted octanol–water partition coefficient (Wildman–Crippen LogP) is 1.61. The Kier molecular flexibility index (Phi) is 7.34. The Balaban J connectivity index is 2.82. The number of nitrogens with one attached hydrogen (secondary N) is 1. The summed E-state index contributed by atoms with van der Waals surface area (Å²) in [7, 11) is -0.819. The molecule has 0 fully saturated rings. The normalized spacial score (nSPS) is 11.5. The standard InChI is InChI=1S/C15H25N3O3S/c1-4-5-9-12-16-15(19)13-18(22(20,21)17(2)3)14-10-7-6-8-11-14/h6-8,10-11H,4-5,9,12-13H2,1-3H3,(H,16,19). The Morgan fingerprint density at radius 2 is 1.77 bits per heavy atom. The smallest absolute Gasteiger partial charge is 0.304 e. The van der Waals surface area contributed by atoms with Crippen LogP contribution in [0.3, 0.4) is 0 Å². The predicted molar refractivity (Wildman–Crippen MR) is 88.9 cm³/mol. The summed E-state index contributed by atoms with van der Waals surface area (Å²) in [5.74, 6) is -0.301. The SMILES string of the molecule is CCCCCNC(=O)CN(c1ccccc1)S(=O)(=O)N(C)C. The summed E-state index contributed by atoms with van der Waals surface area (Å²) in [4.78, 5) is 12.0. The summed E-state index contributed by atoms with van der Waals surface area (Å²) in [5, 5.41) is 2.77. The summed E-state index contributed by atoms with van der Waals surface area (Å²) in [5.41, 5.74) is 0.472. The first-order valence-corrected chi connectivity index (χ1v) is 8.81. The van der Waals surface area contributed by atoms with Crippen LogP contribution in [0, 0.1) is 0 Å². The van der Waals surface area contributed by atoms with Crippen molar-refractivity contribution in [2.75, 3.05) is 31.5 Å². The molecule has 0 spiro atoms. The molecule has 6 nitrogen and oxygen atoms in total. The molecule has 0 heterocycles. The fraction of sp³-hybridized carbons (Fsp3) is 0.533. The maximum Gasteiger partial charge on any atom is 0.304 e. The number of unbranched alkanes of at least 4 members (excludes halogenated alkanes) is 2. The van der Waals surface area contributed by atoms with Crippen molar-refractivity contribution in [3.63, 3.8) is 0 Å². The van der Waals surface area contributed by atoms with E-state index in [1.54, 1.807) is 30.3 Å². The molecule has 0 unspecified atom stereocenters. The molecule has 0 aliphatic carbocycles. The molecule has 0 radical (unpaired) electrons. The molecule has 0 aliphatic rings. The first-order valence-electron chi connectivity index (χ1n) is 7.41. The number of carbonyl (C=O) groups is 1. The van der Waals surface area contributed by atoms with Gasteiger partial charge in [0, 0.05) is 20.6 Å². The van der Waals surface area contributed by atoms with Crippen LogP contribution in [0.2, 0.25) is 0 Å². The van der Waals surface area contributed by atoms with E-state index < -0.39 is 10.2 Å². The topological polar surface area (TPSA) is 69.7 Å².